The maximum absolute atomic E-state index is 11.4. The zero-order chi connectivity index (χ0) is 12.0. The third-order valence-electron chi connectivity index (χ3n) is 2.28. The molecule has 0 aliphatic rings. The standard InChI is InChI=1S/C12H18N2O2/c1-9(2)11(13)12(15)14-16-8-10-6-4-3-5-7-10/h3-7,9,11H,8,13H2,1-2H3,(H,14,15). The van der Waals surface area contributed by atoms with Crippen LogP contribution in [0.25, 0.3) is 0 Å². The van der Waals surface area contributed by atoms with Crippen LogP contribution in [0.1, 0.15) is 19.4 Å². The van der Waals surface area contributed by atoms with E-state index < -0.39 is 6.04 Å². The highest BCUT2D eigenvalue weighted by Gasteiger charge is 2.16. The van der Waals surface area contributed by atoms with Crippen LogP contribution in [0.5, 0.6) is 0 Å². The van der Waals surface area contributed by atoms with Crippen LogP contribution in [0.4, 0.5) is 0 Å². The van der Waals surface area contributed by atoms with Gasteiger partial charge in [0, 0.05) is 0 Å². The normalized spacial score (nSPS) is 12.5. The van der Waals surface area contributed by atoms with Crippen LogP contribution in [0.3, 0.4) is 0 Å². The molecule has 1 aromatic carbocycles. The SMILES string of the molecule is CC(C)C(N)C(=O)NOCc1ccccc1. The zero-order valence-corrected chi connectivity index (χ0v) is 9.64. The number of amides is 1. The van der Waals surface area contributed by atoms with Crippen LogP contribution >= 0.6 is 0 Å². The first-order chi connectivity index (χ1) is 7.61. The first-order valence-electron chi connectivity index (χ1n) is 5.32. The van der Waals surface area contributed by atoms with Gasteiger partial charge in [0.25, 0.3) is 5.91 Å². The van der Waals surface area contributed by atoms with Crippen molar-refractivity contribution in [2.75, 3.05) is 0 Å². The van der Waals surface area contributed by atoms with Gasteiger partial charge in [-0.15, -0.1) is 0 Å². The summed E-state index contributed by atoms with van der Waals surface area (Å²) in [4.78, 5) is 16.5. The van der Waals surface area contributed by atoms with Crippen molar-refractivity contribution in [2.45, 2.75) is 26.5 Å². The lowest BCUT2D eigenvalue weighted by Crippen LogP contribution is -2.43. The fourth-order valence-electron chi connectivity index (χ4n) is 1.14. The average Bonchev–Trinajstić information content (AvgIpc) is 2.29. The molecule has 1 aromatic rings. The van der Waals surface area contributed by atoms with Gasteiger partial charge in [-0.25, -0.2) is 5.48 Å². The minimum atomic E-state index is -0.532. The van der Waals surface area contributed by atoms with Gasteiger partial charge >= 0.3 is 0 Å². The third kappa shape index (κ3) is 4.00. The highest BCUT2D eigenvalue weighted by atomic mass is 16.6. The molecule has 0 aliphatic heterocycles. The summed E-state index contributed by atoms with van der Waals surface area (Å²) in [6, 6.07) is 9.08. The number of nitrogens with two attached hydrogens (primary N) is 1. The second-order valence-corrected chi connectivity index (χ2v) is 4.01. The fourth-order valence-corrected chi connectivity index (χ4v) is 1.14. The Balaban J connectivity index is 2.28. The summed E-state index contributed by atoms with van der Waals surface area (Å²) >= 11 is 0. The molecule has 0 bridgehead atoms. The number of benzene rings is 1. The molecule has 4 nitrogen and oxygen atoms in total. The smallest absolute Gasteiger partial charge is 0.260 e. The summed E-state index contributed by atoms with van der Waals surface area (Å²) in [6.45, 7) is 4.13. The Morgan fingerprint density at radius 1 is 1.38 bits per heavy atom. The first-order valence-corrected chi connectivity index (χ1v) is 5.32. The van der Waals surface area contributed by atoms with Crippen molar-refractivity contribution in [1.29, 1.82) is 0 Å². The Morgan fingerprint density at radius 2 is 2.00 bits per heavy atom. The van der Waals surface area contributed by atoms with Crippen molar-refractivity contribution in [3.8, 4) is 0 Å². The molecule has 0 saturated heterocycles. The minimum absolute atomic E-state index is 0.0975. The van der Waals surface area contributed by atoms with E-state index in [1.54, 1.807) is 0 Å². The second kappa shape index (κ2) is 6.25. The van der Waals surface area contributed by atoms with Crippen molar-refractivity contribution in [2.24, 2.45) is 11.7 Å². The van der Waals surface area contributed by atoms with Gasteiger partial charge in [-0.05, 0) is 11.5 Å². The van der Waals surface area contributed by atoms with Crippen LogP contribution in [0.15, 0.2) is 30.3 Å². The highest BCUT2D eigenvalue weighted by molar-refractivity contribution is 5.80. The molecule has 3 N–H and O–H groups in total. The molecule has 1 atom stereocenters. The Kier molecular flexibility index (Phi) is 4.95. The van der Waals surface area contributed by atoms with Gasteiger partial charge in [-0.2, -0.15) is 0 Å². The van der Waals surface area contributed by atoms with E-state index in [4.69, 9.17) is 10.6 Å². The highest BCUT2D eigenvalue weighted by Crippen LogP contribution is 2.00. The molecule has 0 spiro atoms. The van der Waals surface area contributed by atoms with Crippen molar-refractivity contribution < 1.29 is 9.63 Å². The maximum Gasteiger partial charge on any atom is 0.260 e. The van der Waals surface area contributed by atoms with E-state index in [9.17, 15) is 4.79 Å². The van der Waals surface area contributed by atoms with Gasteiger partial charge in [0.2, 0.25) is 0 Å². The summed E-state index contributed by atoms with van der Waals surface area (Å²) < 4.78 is 0. The molecule has 4 heteroatoms. The summed E-state index contributed by atoms with van der Waals surface area (Å²) in [5.74, 6) is -0.189. The van der Waals surface area contributed by atoms with Crippen molar-refractivity contribution in [3.05, 3.63) is 35.9 Å². The molecule has 0 aliphatic carbocycles. The molecular weight excluding hydrogens is 204 g/mol. The fraction of sp³-hybridized carbons (Fsp3) is 0.417. The summed E-state index contributed by atoms with van der Waals surface area (Å²) in [5, 5.41) is 0. The predicted molar refractivity (Wildman–Crippen MR) is 62.2 cm³/mol. The Labute approximate surface area is 95.7 Å². The molecule has 16 heavy (non-hydrogen) atoms. The minimum Gasteiger partial charge on any atom is -0.320 e. The van der Waals surface area contributed by atoms with Gasteiger partial charge < -0.3 is 5.73 Å². The topological polar surface area (TPSA) is 64.4 Å². The van der Waals surface area contributed by atoms with Crippen LogP contribution < -0.4 is 11.2 Å². The van der Waals surface area contributed by atoms with E-state index in [1.165, 1.54) is 0 Å². The van der Waals surface area contributed by atoms with Crippen LogP contribution in [-0.2, 0) is 16.2 Å². The molecule has 88 valence electrons. The number of hydroxylamine groups is 1. The molecule has 0 aromatic heterocycles. The van der Waals surface area contributed by atoms with Crippen molar-refractivity contribution >= 4 is 5.91 Å². The second-order valence-electron chi connectivity index (χ2n) is 4.01. The molecule has 1 amide bonds. The van der Waals surface area contributed by atoms with E-state index in [2.05, 4.69) is 5.48 Å². The number of carbonyl (C=O) groups is 1. The van der Waals surface area contributed by atoms with Crippen LogP contribution in [0.2, 0.25) is 0 Å². The lowest BCUT2D eigenvalue weighted by atomic mass is 10.1. The van der Waals surface area contributed by atoms with Crippen LogP contribution in [0, 0.1) is 5.92 Å². The molecule has 1 rings (SSSR count). The number of hydrogen-bond donors (Lipinski definition) is 2. The maximum atomic E-state index is 11.4. The predicted octanol–water partition coefficient (Wildman–Crippen LogP) is 1.22. The Morgan fingerprint density at radius 3 is 2.56 bits per heavy atom. The quantitative estimate of drug-likeness (QED) is 0.736. The monoisotopic (exact) mass is 222 g/mol. The zero-order valence-electron chi connectivity index (χ0n) is 9.64. The van der Waals surface area contributed by atoms with Gasteiger partial charge in [-0.1, -0.05) is 44.2 Å². The first kappa shape index (κ1) is 12.7. The molecule has 0 heterocycles. The number of nitrogens with one attached hydrogen (secondary N) is 1. The lowest BCUT2D eigenvalue weighted by Gasteiger charge is -2.14. The number of hydrogen-bond acceptors (Lipinski definition) is 3. The van der Waals surface area contributed by atoms with Gasteiger partial charge in [0.15, 0.2) is 0 Å². The molecule has 1 unspecified atom stereocenters. The van der Waals surface area contributed by atoms with Crippen molar-refractivity contribution in [1.82, 2.24) is 5.48 Å². The van der Waals surface area contributed by atoms with Gasteiger partial charge in [0.05, 0.1) is 12.6 Å². The van der Waals surface area contributed by atoms with Crippen LogP contribution in [-0.4, -0.2) is 11.9 Å². The average molecular weight is 222 g/mol. The molecular formula is C12H18N2O2. The van der Waals surface area contributed by atoms with E-state index in [-0.39, 0.29) is 11.8 Å². The summed E-state index contributed by atoms with van der Waals surface area (Å²) in [6.07, 6.45) is 0. The summed E-state index contributed by atoms with van der Waals surface area (Å²) in [7, 11) is 0. The molecule has 0 radical (unpaired) electrons. The van der Waals surface area contributed by atoms with Gasteiger partial charge in [0.1, 0.15) is 0 Å². The number of rotatable bonds is 5. The summed E-state index contributed by atoms with van der Waals surface area (Å²) in [5.41, 5.74) is 9.00. The van der Waals surface area contributed by atoms with Crippen molar-refractivity contribution in [3.63, 3.8) is 0 Å². The largest absolute Gasteiger partial charge is 0.320 e. The van der Waals surface area contributed by atoms with E-state index in [1.807, 2.05) is 44.2 Å². The Hall–Kier alpha value is -1.39. The number of carbonyl (C=O) groups excluding carboxylic acids is 1. The molecule has 0 fully saturated rings. The van der Waals surface area contributed by atoms with E-state index in [0.29, 0.717) is 6.61 Å². The Bertz CT molecular complexity index is 325. The lowest BCUT2D eigenvalue weighted by molar-refractivity contribution is -0.136. The van der Waals surface area contributed by atoms with Gasteiger partial charge in [-0.3, -0.25) is 9.63 Å². The van der Waals surface area contributed by atoms with E-state index in [0.717, 1.165) is 5.56 Å². The molecule has 0 saturated carbocycles. The van der Waals surface area contributed by atoms with E-state index >= 15 is 0 Å². The third-order valence-corrected chi connectivity index (χ3v) is 2.28.